The van der Waals surface area contributed by atoms with Crippen LogP contribution in [0.15, 0.2) is 65.1 Å². The lowest BCUT2D eigenvalue weighted by molar-refractivity contribution is -0.254. The van der Waals surface area contributed by atoms with E-state index in [0.717, 1.165) is 11.3 Å². The van der Waals surface area contributed by atoms with Crippen LogP contribution in [-0.2, 0) is 0 Å². The van der Waals surface area contributed by atoms with Gasteiger partial charge >= 0.3 is 17.8 Å². The van der Waals surface area contributed by atoms with Crippen LogP contribution in [0.5, 0.6) is 0 Å². The van der Waals surface area contributed by atoms with E-state index in [9.17, 15) is 8.78 Å². The van der Waals surface area contributed by atoms with Crippen LogP contribution < -0.4 is 0 Å². The van der Waals surface area contributed by atoms with Crippen molar-refractivity contribution in [1.82, 2.24) is 0 Å². The van der Waals surface area contributed by atoms with Crippen LogP contribution in [-0.4, -0.2) is 17.8 Å². The fourth-order valence-electron chi connectivity index (χ4n) is 4.66. The first kappa shape index (κ1) is 23.7. The van der Waals surface area contributed by atoms with E-state index >= 15 is 17.6 Å². The fraction of sp³-hybridized carbons (Fsp3) is 0.259. The van der Waals surface area contributed by atoms with Crippen molar-refractivity contribution in [1.29, 1.82) is 0 Å². The van der Waals surface area contributed by atoms with Gasteiger partial charge in [0.15, 0.2) is 0 Å². The van der Waals surface area contributed by atoms with Crippen molar-refractivity contribution in [3.8, 4) is 10.4 Å². The lowest BCUT2D eigenvalue weighted by atomic mass is 9.91. The highest BCUT2D eigenvalue weighted by Gasteiger charge is 2.80. The summed E-state index contributed by atoms with van der Waals surface area (Å²) in [5.74, 6) is -16.4. The number of furan rings is 1. The first-order valence-corrected chi connectivity index (χ1v) is 11.8. The first-order valence-electron chi connectivity index (χ1n) is 11.0. The van der Waals surface area contributed by atoms with Gasteiger partial charge in [0.1, 0.15) is 11.3 Å². The lowest BCUT2D eigenvalue weighted by Gasteiger charge is -2.26. The molecule has 0 amide bonds. The van der Waals surface area contributed by atoms with E-state index in [1.807, 2.05) is 0 Å². The summed E-state index contributed by atoms with van der Waals surface area (Å²) in [5.41, 5.74) is -2.60. The van der Waals surface area contributed by atoms with Crippen LogP contribution in [0.1, 0.15) is 41.5 Å². The molecule has 2 heterocycles. The Morgan fingerprint density at radius 1 is 0.800 bits per heavy atom. The second kappa shape index (κ2) is 7.75. The number of hydrogen-bond donors (Lipinski definition) is 0. The molecule has 5 rings (SSSR count). The van der Waals surface area contributed by atoms with Gasteiger partial charge in [0.05, 0.1) is 0 Å². The molecule has 0 saturated heterocycles. The predicted molar refractivity (Wildman–Crippen MR) is 126 cm³/mol. The quantitative estimate of drug-likeness (QED) is 0.251. The Morgan fingerprint density at radius 2 is 1.40 bits per heavy atom. The summed E-state index contributed by atoms with van der Waals surface area (Å²) in [5, 5.41) is 0.0790. The predicted octanol–water partition coefficient (Wildman–Crippen LogP) is 9.42. The molecule has 0 radical (unpaired) electrons. The monoisotopic (exact) mass is 506 g/mol. The van der Waals surface area contributed by atoms with Gasteiger partial charge in [0.25, 0.3) is 0 Å². The molecule has 0 aliphatic heterocycles. The third kappa shape index (κ3) is 3.22. The molecular weight excluding hydrogens is 486 g/mol. The van der Waals surface area contributed by atoms with E-state index in [1.165, 1.54) is 31.2 Å². The van der Waals surface area contributed by atoms with Gasteiger partial charge in [-0.05, 0) is 36.1 Å². The molecule has 4 aromatic rings. The van der Waals surface area contributed by atoms with Gasteiger partial charge in [-0.3, -0.25) is 0 Å². The van der Waals surface area contributed by atoms with E-state index in [4.69, 9.17) is 4.42 Å². The van der Waals surface area contributed by atoms with Crippen molar-refractivity contribution in [2.24, 2.45) is 0 Å². The maximum Gasteiger partial charge on any atom is 0.380 e. The molecule has 0 fully saturated rings. The molecule has 182 valence electrons. The van der Waals surface area contributed by atoms with Gasteiger partial charge in [-0.2, -0.15) is 26.3 Å². The molecule has 1 nitrogen and oxygen atoms in total. The van der Waals surface area contributed by atoms with Crippen LogP contribution >= 0.6 is 11.3 Å². The van der Waals surface area contributed by atoms with Crippen molar-refractivity contribution in [3.05, 3.63) is 82.4 Å². The number of thiophene rings is 1. The number of allylic oxidation sites excluding steroid dienone is 2. The van der Waals surface area contributed by atoms with E-state index in [0.29, 0.717) is 15.3 Å². The number of benzene rings is 2. The summed E-state index contributed by atoms with van der Waals surface area (Å²) in [7, 11) is 0. The zero-order valence-corrected chi connectivity index (χ0v) is 19.8. The molecule has 0 atom stereocenters. The van der Waals surface area contributed by atoms with Crippen LogP contribution in [0.4, 0.5) is 26.3 Å². The molecule has 35 heavy (non-hydrogen) atoms. The molecule has 2 aromatic carbocycles. The summed E-state index contributed by atoms with van der Waals surface area (Å²) in [6.07, 6.45) is 0. The molecule has 0 spiro atoms. The molecule has 0 unspecified atom stereocenters. The SMILES string of the molecule is Cc1oc2ccccc2c1C1=C(c2cc(-c3ccccc3)sc2C(C)C)C(F)(F)C(F)(F)C1(F)F. The Kier molecular flexibility index (Phi) is 5.25. The highest BCUT2D eigenvalue weighted by atomic mass is 32.1. The minimum Gasteiger partial charge on any atom is -0.461 e. The molecule has 0 bridgehead atoms. The van der Waals surface area contributed by atoms with Crippen molar-refractivity contribution < 1.29 is 30.8 Å². The van der Waals surface area contributed by atoms with Crippen molar-refractivity contribution >= 4 is 33.5 Å². The third-order valence-electron chi connectivity index (χ3n) is 6.30. The topological polar surface area (TPSA) is 13.1 Å². The molecule has 2 aromatic heterocycles. The fourth-order valence-corrected chi connectivity index (χ4v) is 5.84. The summed E-state index contributed by atoms with van der Waals surface area (Å²) in [6, 6.07) is 16.1. The number of halogens is 6. The highest BCUT2D eigenvalue weighted by Crippen LogP contribution is 2.66. The van der Waals surface area contributed by atoms with E-state index in [2.05, 4.69) is 0 Å². The standard InChI is InChI=1S/C27H20F6OS/c1-14(2)24-18(13-20(35-24)16-9-5-4-6-10-16)22-23(26(30,31)27(32,33)25(22,28)29)21-15(3)34-19-12-8-7-11-17(19)21/h4-14H,1-3H3. The number of hydrogen-bond acceptors (Lipinski definition) is 2. The van der Waals surface area contributed by atoms with Crippen LogP contribution in [0.25, 0.3) is 32.6 Å². The second-order valence-corrected chi connectivity index (χ2v) is 10.00. The number of para-hydroxylation sites is 1. The summed E-state index contributed by atoms with van der Waals surface area (Å²) in [6.45, 7) is 4.75. The number of alkyl halides is 6. The van der Waals surface area contributed by atoms with Gasteiger partial charge in [-0.1, -0.05) is 62.4 Å². The minimum absolute atomic E-state index is 0.0790. The van der Waals surface area contributed by atoms with Crippen molar-refractivity contribution in [2.45, 2.75) is 44.5 Å². The zero-order valence-electron chi connectivity index (χ0n) is 18.9. The van der Waals surface area contributed by atoms with E-state index < -0.39 is 34.5 Å². The number of fused-ring (bicyclic) bond motifs is 1. The van der Waals surface area contributed by atoms with Gasteiger partial charge in [-0.25, -0.2) is 0 Å². The van der Waals surface area contributed by atoms with Crippen molar-refractivity contribution in [3.63, 3.8) is 0 Å². The average Bonchev–Trinajstić information content (AvgIpc) is 3.40. The number of rotatable bonds is 4. The van der Waals surface area contributed by atoms with Gasteiger partial charge in [0, 0.05) is 31.9 Å². The van der Waals surface area contributed by atoms with Gasteiger partial charge in [-0.15, -0.1) is 11.3 Å². The summed E-state index contributed by atoms with van der Waals surface area (Å²) >= 11 is 1.13. The van der Waals surface area contributed by atoms with Crippen LogP contribution in [0.2, 0.25) is 0 Å². The van der Waals surface area contributed by atoms with E-state index in [1.54, 1.807) is 50.2 Å². The highest BCUT2D eigenvalue weighted by molar-refractivity contribution is 7.15. The summed E-state index contributed by atoms with van der Waals surface area (Å²) in [4.78, 5) is 0.856. The molecule has 1 aliphatic rings. The normalized spacial score (nSPS) is 18.7. The van der Waals surface area contributed by atoms with Crippen LogP contribution in [0.3, 0.4) is 0 Å². The Bertz CT molecular complexity index is 1460. The summed E-state index contributed by atoms with van der Waals surface area (Å²) < 4.78 is 97.1. The Hall–Kier alpha value is -3.00. The number of aryl methyl sites for hydroxylation is 1. The lowest BCUT2D eigenvalue weighted by Crippen LogP contribution is -2.49. The maximum absolute atomic E-state index is 15.5. The third-order valence-corrected chi connectivity index (χ3v) is 7.79. The molecule has 0 N–H and O–H groups in total. The van der Waals surface area contributed by atoms with E-state index in [-0.39, 0.29) is 28.2 Å². The van der Waals surface area contributed by atoms with Crippen LogP contribution in [0, 0.1) is 6.92 Å². The van der Waals surface area contributed by atoms with Crippen molar-refractivity contribution in [2.75, 3.05) is 0 Å². The maximum atomic E-state index is 15.5. The molecule has 8 heteroatoms. The van der Waals surface area contributed by atoms with Gasteiger partial charge in [0.2, 0.25) is 0 Å². The zero-order chi connectivity index (χ0) is 25.3. The smallest absolute Gasteiger partial charge is 0.380 e. The van der Waals surface area contributed by atoms with Gasteiger partial charge < -0.3 is 4.42 Å². The largest absolute Gasteiger partial charge is 0.461 e. The molecular formula is C27H20F6OS. The molecule has 1 aliphatic carbocycles. The molecule has 0 saturated carbocycles. The first-order chi connectivity index (χ1) is 16.4. The Balaban J connectivity index is 1.91. The second-order valence-electron chi connectivity index (χ2n) is 8.91. The average molecular weight is 507 g/mol. The Labute approximate surface area is 201 Å². The Morgan fingerprint density at radius 3 is 2.06 bits per heavy atom. The minimum atomic E-state index is -5.63.